The largest absolute Gasteiger partial charge is 0.489 e. The maximum Gasteiger partial charge on any atom is 0.321 e. The van der Waals surface area contributed by atoms with Crippen LogP contribution in [0, 0.1) is 5.82 Å². The summed E-state index contributed by atoms with van der Waals surface area (Å²) in [7, 11) is 0. The molecule has 0 saturated heterocycles. The summed E-state index contributed by atoms with van der Waals surface area (Å²) in [4.78, 5) is 15.1. The number of benzene rings is 3. The molecule has 3 aromatic carbocycles. The highest BCUT2D eigenvalue weighted by Gasteiger charge is 2.20. The predicted octanol–water partition coefficient (Wildman–Crippen LogP) is 5.43. The number of fused-ring (bicyclic) bond motifs is 1. The lowest BCUT2D eigenvalue weighted by Gasteiger charge is -2.17. The second kappa shape index (κ2) is 9.97. The molecule has 0 radical (unpaired) electrons. The highest BCUT2D eigenvalue weighted by atomic mass is 79.9. The molecule has 0 unspecified atom stereocenters. The second-order valence-electron chi connectivity index (χ2n) is 7.50. The van der Waals surface area contributed by atoms with E-state index in [-0.39, 0.29) is 12.4 Å². The van der Waals surface area contributed by atoms with Crippen molar-refractivity contribution in [2.45, 2.75) is 25.6 Å². The van der Waals surface area contributed by atoms with Crippen molar-refractivity contribution >= 4 is 32.8 Å². The maximum absolute atomic E-state index is 13.1. The fourth-order valence-electron chi connectivity index (χ4n) is 3.57. The Kier molecular flexibility index (Phi) is 6.87. The van der Waals surface area contributed by atoms with Gasteiger partial charge in [0.25, 0.3) is 0 Å². The number of H-pyrrole nitrogens is 1. The minimum Gasteiger partial charge on any atom is -0.489 e. The molecular weight excluding hydrogens is 475 g/mol. The Bertz CT molecular complexity index is 1220. The molecular formula is C25H22BrFN2O3. The van der Waals surface area contributed by atoms with Gasteiger partial charge in [0.05, 0.1) is 0 Å². The number of nitrogens with one attached hydrogen (secondary N) is 2. The molecule has 32 heavy (non-hydrogen) atoms. The van der Waals surface area contributed by atoms with E-state index in [4.69, 9.17) is 4.74 Å². The molecule has 0 spiro atoms. The van der Waals surface area contributed by atoms with Crippen molar-refractivity contribution < 1.29 is 19.0 Å². The van der Waals surface area contributed by atoms with Crippen LogP contribution in [0.25, 0.3) is 10.9 Å². The summed E-state index contributed by atoms with van der Waals surface area (Å²) in [5.74, 6) is -0.572. The van der Waals surface area contributed by atoms with Gasteiger partial charge in [-0.05, 0) is 47.5 Å². The van der Waals surface area contributed by atoms with Gasteiger partial charge in [0.2, 0.25) is 0 Å². The van der Waals surface area contributed by atoms with Crippen LogP contribution in [0.5, 0.6) is 5.75 Å². The lowest BCUT2D eigenvalue weighted by Crippen LogP contribution is -2.38. The number of carboxylic acid groups (broad SMARTS) is 1. The van der Waals surface area contributed by atoms with Crippen LogP contribution in [0.15, 0.2) is 77.4 Å². The van der Waals surface area contributed by atoms with Crippen LogP contribution in [0.2, 0.25) is 0 Å². The molecule has 0 bridgehead atoms. The first-order valence-corrected chi connectivity index (χ1v) is 11.0. The quantitative estimate of drug-likeness (QED) is 0.288. The Hall–Kier alpha value is -3.16. The lowest BCUT2D eigenvalue weighted by atomic mass is 10.0. The average Bonchev–Trinajstić information content (AvgIpc) is 3.19. The number of para-hydroxylation sites is 1. The molecule has 1 aromatic heterocycles. The van der Waals surface area contributed by atoms with Crippen molar-refractivity contribution in [2.75, 3.05) is 0 Å². The average molecular weight is 497 g/mol. The Balaban J connectivity index is 1.46. The Morgan fingerprint density at radius 3 is 2.66 bits per heavy atom. The SMILES string of the molecule is O=C(O)[C@H](Cc1c[nH]c2ccccc12)NCc1cc(Br)ccc1OCc1ccc(F)cc1. The monoisotopic (exact) mass is 496 g/mol. The minimum atomic E-state index is -0.918. The zero-order chi connectivity index (χ0) is 22.5. The zero-order valence-corrected chi connectivity index (χ0v) is 18.7. The molecule has 4 rings (SSSR count). The number of hydrogen-bond donors (Lipinski definition) is 3. The number of ether oxygens (including phenoxy) is 1. The summed E-state index contributed by atoms with van der Waals surface area (Å²) in [5.41, 5.74) is 3.60. The molecule has 0 fully saturated rings. The van der Waals surface area contributed by atoms with Gasteiger partial charge in [-0.25, -0.2) is 4.39 Å². The molecule has 0 aliphatic carbocycles. The van der Waals surface area contributed by atoms with Gasteiger partial charge in [0.1, 0.15) is 24.2 Å². The highest BCUT2D eigenvalue weighted by molar-refractivity contribution is 9.10. The number of aliphatic carboxylic acids is 1. The summed E-state index contributed by atoms with van der Waals surface area (Å²) >= 11 is 3.47. The normalized spacial score (nSPS) is 12.1. The lowest BCUT2D eigenvalue weighted by molar-refractivity contribution is -0.139. The molecule has 0 saturated carbocycles. The fourth-order valence-corrected chi connectivity index (χ4v) is 3.98. The van der Waals surface area contributed by atoms with Crippen LogP contribution in [-0.2, 0) is 24.4 Å². The predicted molar refractivity (Wildman–Crippen MR) is 125 cm³/mol. The first-order valence-electron chi connectivity index (χ1n) is 10.2. The first-order chi connectivity index (χ1) is 15.5. The molecule has 0 aliphatic rings. The molecule has 1 heterocycles. The Morgan fingerprint density at radius 2 is 1.88 bits per heavy atom. The van der Waals surface area contributed by atoms with Gasteiger partial charge >= 0.3 is 5.97 Å². The van der Waals surface area contributed by atoms with Gasteiger partial charge in [-0.2, -0.15) is 0 Å². The number of aromatic nitrogens is 1. The maximum atomic E-state index is 13.1. The minimum absolute atomic E-state index is 0.284. The van der Waals surface area contributed by atoms with Crippen LogP contribution >= 0.6 is 15.9 Å². The van der Waals surface area contributed by atoms with Gasteiger partial charge in [0, 0.05) is 40.1 Å². The second-order valence-corrected chi connectivity index (χ2v) is 8.42. The summed E-state index contributed by atoms with van der Waals surface area (Å²) in [5, 5.41) is 13.9. The summed E-state index contributed by atoms with van der Waals surface area (Å²) in [6, 6.07) is 18.8. The summed E-state index contributed by atoms with van der Waals surface area (Å²) < 4.78 is 19.9. The number of halogens is 2. The summed E-state index contributed by atoms with van der Waals surface area (Å²) in [6.45, 7) is 0.601. The number of carboxylic acids is 1. The van der Waals surface area contributed by atoms with Crippen molar-refractivity contribution in [1.29, 1.82) is 0 Å². The van der Waals surface area contributed by atoms with Crippen molar-refractivity contribution in [1.82, 2.24) is 10.3 Å². The van der Waals surface area contributed by atoms with Crippen LogP contribution < -0.4 is 10.1 Å². The molecule has 7 heteroatoms. The Morgan fingerprint density at radius 1 is 1.09 bits per heavy atom. The van der Waals surface area contributed by atoms with E-state index in [1.165, 1.54) is 12.1 Å². The third kappa shape index (κ3) is 5.36. The van der Waals surface area contributed by atoms with E-state index in [0.717, 1.165) is 32.1 Å². The molecule has 4 aromatic rings. The van der Waals surface area contributed by atoms with Crippen LogP contribution in [0.3, 0.4) is 0 Å². The Labute approximate surface area is 193 Å². The van der Waals surface area contributed by atoms with E-state index in [1.807, 2.05) is 48.7 Å². The van der Waals surface area contributed by atoms with Crippen molar-refractivity contribution in [3.63, 3.8) is 0 Å². The molecule has 1 atom stereocenters. The van der Waals surface area contributed by atoms with Crippen LogP contribution in [0.4, 0.5) is 4.39 Å². The summed E-state index contributed by atoms with van der Waals surface area (Å²) in [6.07, 6.45) is 2.21. The van der Waals surface area contributed by atoms with E-state index >= 15 is 0 Å². The molecule has 0 aliphatic heterocycles. The van der Waals surface area contributed by atoms with E-state index in [1.54, 1.807) is 12.1 Å². The zero-order valence-electron chi connectivity index (χ0n) is 17.1. The van der Waals surface area contributed by atoms with E-state index < -0.39 is 12.0 Å². The number of rotatable bonds is 9. The topological polar surface area (TPSA) is 74.3 Å². The first kappa shape index (κ1) is 22.0. The van der Waals surface area contributed by atoms with E-state index in [2.05, 4.69) is 26.2 Å². The molecule has 5 nitrogen and oxygen atoms in total. The van der Waals surface area contributed by atoms with Crippen LogP contribution in [-0.4, -0.2) is 22.1 Å². The number of carbonyl (C=O) groups is 1. The van der Waals surface area contributed by atoms with Gasteiger partial charge in [-0.15, -0.1) is 0 Å². The van der Waals surface area contributed by atoms with Crippen molar-refractivity contribution in [3.8, 4) is 5.75 Å². The number of hydrogen-bond acceptors (Lipinski definition) is 3. The third-order valence-corrected chi connectivity index (χ3v) is 5.76. The van der Waals surface area contributed by atoms with Gasteiger partial charge in [-0.3, -0.25) is 10.1 Å². The van der Waals surface area contributed by atoms with Gasteiger partial charge < -0.3 is 14.8 Å². The number of aromatic amines is 1. The standard InChI is InChI=1S/C25H22BrFN2O3/c26-19-7-10-24(32-15-16-5-8-20(27)9-6-16)18(11-19)14-29-23(25(30)31)12-17-13-28-22-4-2-1-3-21(17)22/h1-11,13,23,28-29H,12,14-15H2,(H,30,31)/t23-/m0/s1. The smallest absolute Gasteiger partial charge is 0.321 e. The van der Waals surface area contributed by atoms with E-state index in [0.29, 0.717) is 18.7 Å². The van der Waals surface area contributed by atoms with Crippen molar-refractivity contribution in [2.24, 2.45) is 0 Å². The molecule has 0 amide bonds. The van der Waals surface area contributed by atoms with Crippen LogP contribution in [0.1, 0.15) is 16.7 Å². The van der Waals surface area contributed by atoms with Gasteiger partial charge in [-0.1, -0.05) is 46.3 Å². The highest BCUT2D eigenvalue weighted by Crippen LogP contribution is 2.25. The third-order valence-electron chi connectivity index (χ3n) is 5.27. The molecule has 164 valence electrons. The van der Waals surface area contributed by atoms with E-state index in [9.17, 15) is 14.3 Å². The molecule has 3 N–H and O–H groups in total. The van der Waals surface area contributed by atoms with Gasteiger partial charge in [0.15, 0.2) is 0 Å². The van der Waals surface area contributed by atoms with Crippen molar-refractivity contribution in [3.05, 3.63) is 99.9 Å². The fraction of sp³-hybridized carbons (Fsp3) is 0.160.